The molecular weight excluding hydrogens is 539 g/mol. The number of sulfonamides is 1. The first-order valence-electron chi connectivity index (χ1n) is 9.35. The lowest BCUT2D eigenvalue weighted by Gasteiger charge is -2.13. The molecule has 0 amide bonds. The van der Waals surface area contributed by atoms with Crippen LogP contribution in [0.1, 0.15) is 13.3 Å². The number of nitrogens with zero attached hydrogens (tertiary/aromatic N) is 1. The third-order valence-electron chi connectivity index (χ3n) is 3.64. The topological polar surface area (TPSA) is 101 Å². The van der Waals surface area contributed by atoms with Crippen molar-refractivity contribution in [1.29, 1.82) is 0 Å². The molecule has 30 heavy (non-hydrogen) atoms. The average molecular weight is 569 g/mol. The molecule has 0 bridgehead atoms. The van der Waals surface area contributed by atoms with Gasteiger partial charge in [-0.25, -0.2) is 13.1 Å². The van der Waals surface area contributed by atoms with Crippen molar-refractivity contribution in [2.24, 2.45) is 4.99 Å². The maximum Gasteiger partial charge on any atom is 0.250 e. The lowest BCUT2D eigenvalue weighted by atomic mass is 10.3. The molecule has 168 valence electrons. The molecule has 3 N–H and O–H groups in total. The average Bonchev–Trinajstić information content (AvgIpc) is 3.25. The van der Waals surface area contributed by atoms with Crippen molar-refractivity contribution in [2.75, 3.05) is 45.3 Å². The van der Waals surface area contributed by atoms with Crippen LogP contribution < -0.4 is 20.1 Å². The van der Waals surface area contributed by atoms with Crippen LogP contribution in [0.15, 0.2) is 51.0 Å². The number of nitrogens with one attached hydrogen (secondary N) is 3. The first-order chi connectivity index (χ1) is 14.0. The van der Waals surface area contributed by atoms with E-state index >= 15 is 0 Å². The van der Waals surface area contributed by atoms with Gasteiger partial charge in [-0.1, -0.05) is 12.1 Å². The van der Waals surface area contributed by atoms with Crippen molar-refractivity contribution in [1.82, 2.24) is 10.0 Å². The molecule has 1 aromatic heterocycles. The van der Waals surface area contributed by atoms with E-state index in [1.807, 2.05) is 31.2 Å². The SMILES string of the molecule is CCNC(=NCCNS(=O)(=O)c1cccs1)Nc1cccc(OCCCOC)c1.I. The fourth-order valence-electron chi connectivity index (χ4n) is 2.34. The van der Waals surface area contributed by atoms with Gasteiger partial charge in [-0.2, -0.15) is 0 Å². The Kier molecular flexibility index (Phi) is 12.9. The van der Waals surface area contributed by atoms with Crippen LogP contribution in [-0.2, 0) is 14.8 Å². The van der Waals surface area contributed by atoms with Crippen LogP contribution in [0.25, 0.3) is 0 Å². The Hall–Kier alpha value is -1.41. The Labute approximate surface area is 199 Å². The minimum Gasteiger partial charge on any atom is -0.493 e. The van der Waals surface area contributed by atoms with E-state index in [0.717, 1.165) is 17.9 Å². The highest BCUT2D eigenvalue weighted by atomic mass is 127. The number of halogens is 1. The summed E-state index contributed by atoms with van der Waals surface area (Å²) in [5.74, 6) is 1.32. The number of guanidine groups is 1. The summed E-state index contributed by atoms with van der Waals surface area (Å²) in [6, 6.07) is 10.9. The first kappa shape index (κ1) is 26.6. The van der Waals surface area contributed by atoms with Gasteiger partial charge < -0.3 is 20.1 Å². The van der Waals surface area contributed by atoms with Crippen molar-refractivity contribution in [2.45, 2.75) is 17.6 Å². The molecule has 2 rings (SSSR count). The standard InChI is InChI=1S/C19H28N4O4S2.HI/c1-3-20-19(21-10-11-22-29(24,25)18-9-5-14-28-18)23-16-7-4-8-17(15-16)27-13-6-12-26-2;/h4-5,7-9,14-15,22H,3,6,10-13H2,1-2H3,(H2,20,21,23);1H. The third kappa shape index (κ3) is 9.60. The van der Waals surface area contributed by atoms with Crippen molar-refractivity contribution in [3.8, 4) is 5.75 Å². The van der Waals surface area contributed by atoms with E-state index < -0.39 is 10.0 Å². The van der Waals surface area contributed by atoms with Crippen LogP contribution in [0, 0.1) is 0 Å². The maximum absolute atomic E-state index is 12.1. The largest absolute Gasteiger partial charge is 0.493 e. The molecule has 0 aliphatic heterocycles. The molecule has 2 aromatic rings. The number of hydrogen-bond donors (Lipinski definition) is 3. The van der Waals surface area contributed by atoms with E-state index in [0.29, 0.717) is 36.5 Å². The number of benzene rings is 1. The molecule has 0 saturated heterocycles. The van der Waals surface area contributed by atoms with Gasteiger partial charge >= 0.3 is 0 Å². The zero-order valence-corrected chi connectivity index (χ0v) is 21.1. The van der Waals surface area contributed by atoms with E-state index in [4.69, 9.17) is 9.47 Å². The van der Waals surface area contributed by atoms with Gasteiger partial charge in [0.25, 0.3) is 0 Å². The lowest BCUT2D eigenvalue weighted by molar-refractivity contribution is 0.172. The Morgan fingerprint density at radius 1 is 1.20 bits per heavy atom. The van der Waals surface area contributed by atoms with Crippen LogP contribution in [0.2, 0.25) is 0 Å². The number of anilines is 1. The number of ether oxygens (including phenoxy) is 2. The highest BCUT2D eigenvalue weighted by Crippen LogP contribution is 2.17. The van der Waals surface area contributed by atoms with E-state index in [-0.39, 0.29) is 30.5 Å². The fourth-order valence-corrected chi connectivity index (χ4v) is 4.39. The summed E-state index contributed by atoms with van der Waals surface area (Å²) in [5.41, 5.74) is 0.827. The smallest absolute Gasteiger partial charge is 0.250 e. The first-order valence-corrected chi connectivity index (χ1v) is 11.7. The summed E-state index contributed by atoms with van der Waals surface area (Å²) >= 11 is 1.18. The maximum atomic E-state index is 12.1. The monoisotopic (exact) mass is 568 g/mol. The summed E-state index contributed by atoms with van der Waals surface area (Å²) < 4.78 is 37.8. The summed E-state index contributed by atoms with van der Waals surface area (Å²) in [6.07, 6.45) is 0.819. The number of rotatable bonds is 12. The molecule has 1 heterocycles. The van der Waals surface area contributed by atoms with Crippen LogP contribution in [0.5, 0.6) is 5.75 Å². The Morgan fingerprint density at radius 2 is 2.03 bits per heavy atom. The van der Waals surface area contributed by atoms with Gasteiger partial charge in [0, 0.05) is 45.0 Å². The van der Waals surface area contributed by atoms with Crippen LogP contribution in [-0.4, -0.2) is 54.3 Å². The second-order valence-corrected chi connectivity index (χ2v) is 8.88. The number of thiophene rings is 1. The van der Waals surface area contributed by atoms with Gasteiger partial charge in [-0.05, 0) is 30.5 Å². The Balaban J connectivity index is 0.00000450. The van der Waals surface area contributed by atoms with Crippen molar-refractivity contribution in [3.05, 3.63) is 41.8 Å². The molecule has 0 atom stereocenters. The third-order valence-corrected chi connectivity index (χ3v) is 6.49. The molecule has 8 nitrogen and oxygen atoms in total. The summed E-state index contributed by atoms with van der Waals surface area (Å²) in [7, 11) is -1.81. The molecule has 1 aromatic carbocycles. The van der Waals surface area contributed by atoms with E-state index in [2.05, 4.69) is 20.3 Å². The quantitative estimate of drug-likeness (QED) is 0.158. The highest BCUT2D eigenvalue weighted by Gasteiger charge is 2.13. The van der Waals surface area contributed by atoms with Gasteiger partial charge in [0.05, 0.1) is 13.2 Å². The van der Waals surface area contributed by atoms with E-state index in [9.17, 15) is 8.42 Å². The van der Waals surface area contributed by atoms with Crippen molar-refractivity contribution < 1.29 is 17.9 Å². The molecule has 0 unspecified atom stereocenters. The Morgan fingerprint density at radius 3 is 2.73 bits per heavy atom. The molecule has 0 aliphatic rings. The summed E-state index contributed by atoms with van der Waals surface area (Å²) in [5, 5.41) is 8.08. The fraction of sp³-hybridized carbons (Fsp3) is 0.421. The molecule has 0 aliphatic carbocycles. The van der Waals surface area contributed by atoms with Gasteiger partial charge in [0.2, 0.25) is 10.0 Å². The minimum atomic E-state index is -3.47. The predicted molar refractivity (Wildman–Crippen MR) is 133 cm³/mol. The molecular formula is C19H29IN4O4S2. The highest BCUT2D eigenvalue weighted by molar-refractivity contribution is 14.0. The zero-order valence-electron chi connectivity index (χ0n) is 17.1. The normalized spacial score (nSPS) is 11.6. The zero-order chi connectivity index (χ0) is 21.0. The summed E-state index contributed by atoms with van der Waals surface area (Å²) in [4.78, 5) is 4.42. The van der Waals surface area contributed by atoms with E-state index in [1.54, 1.807) is 24.6 Å². The van der Waals surface area contributed by atoms with Gasteiger partial charge in [0.15, 0.2) is 5.96 Å². The minimum absolute atomic E-state index is 0. The second kappa shape index (κ2) is 14.6. The number of hydrogen-bond acceptors (Lipinski definition) is 6. The molecule has 0 saturated carbocycles. The van der Waals surface area contributed by atoms with Crippen molar-refractivity contribution >= 4 is 57.0 Å². The van der Waals surface area contributed by atoms with Gasteiger partial charge in [0.1, 0.15) is 9.96 Å². The van der Waals surface area contributed by atoms with Gasteiger partial charge in [-0.15, -0.1) is 35.3 Å². The van der Waals surface area contributed by atoms with Crippen molar-refractivity contribution in [3.63, 3.8) is 0 Å². The number of methoxy groups -OCH3 is 1. The summed E-state index contributed by atoms with van der Waals surface area (Å²) in [6.45, 7) is 4.39. The van der Waals surface area contributed by atoms with E-state index in [1.165, 1.54) is 11.3 Å². The predicted octanol–water partition coefficient (Wildman–Crippen LogP) is 3.14. The molecule has 0 spiro atoms. The van der Waals surface area contributed by atoms with Crippen LogP contribution in [0.3, 0.4) is 0 Å². The molecule has 0 radical (unpaired) electrons. The molecule has 0 fully saturated rings. The van der Waals surface area contributed by atoms with Crippen LogP contribution >= 0.6 is 35.3 Å². The van der Waals surface area contributed by atoms with Crippen LogP contribution in [0.4, 0.5) is 5.69 Å². The number of aliphatic imine (C=N–C) groups is 1. The van der Waals surface area contributed by atoms with Gasteiger partial charge in [-0.3, -0.25) is 4.99 Å². The Bertz CT molecular complexity index is 861. The lowest BCUT2D eigenvalue weighted by Crippen LogP contribution is -2.32. The molecule has 11 heteroatoms. The second-order valence-electron chi connectivity index (χ2n) is 5.94.